The third-order valence-electron chi connectivity index (χ3n) is 2.82. The van der Waals surface area contributed by atoms with Crippen molar-refractivity contribution in [3.8, 4) is 17.2 Å². The fourth-order valence-electron chi connectivity index (χ4n) is 1.78. The van der Waals surface area contributed by atoms with E-state index in [1.54, 1.807) is 42.5 Å². The van der Waals surface area contributed by atoms with Crippen molar-refractivity contribution >= 4 is 34.8 Å². The molecule has 0 unspecified atom stereocenters. The maximum absolute atomic E-state index is 6.02. The second-order valence-corrected chi connectivity index (χ2v) is 5.60. The number of hydrogen-bond donors (Lipinski definition) is 0. The first kappa shape index (κ1) is 15.2. The molecule has 4 nitrogen and oxygen atoms in total. The normalized spacial score (nSPS) is 10.7. The molecular weight excluding hydrogens is 347 g/mol. The average molecular weight is 356 g/mol. The number of ether oxygens (including phenoxy) is 1. The van der Waals surface area contributed by atoms with Crippen molar-refractivity contribution in [2.45, 2.75) is 6.61 Å². The Balaban J connectivity index is 1.73. The van der Waals surface area contributed by atoms with Gasteiger partial charge in [-0.05, 0) is 36.4 Å². The highest BCUT2D eigenvalue weighted by atomic mass is 35.5. The molecule has 0 saturated carbocycles. The molecule has 0 radical (unpaired) electrons. The number of benzene rings is 2. The average Bonchev–Trinajstić information content (AvgIpc) is 2.96. The van der Waals surface area contributed by atoms with Gasteiger partial charge in [0.25, 0.3) is 5.89 Å². The van der Waals surface area contributed by atoms with Crippen LogP contribution in [0, 0.1) is 0 Å². The number of hydrogen-bond acceptors (Lipinski definition) is 4. The molecule has 0 atom stereocenters. The molecule has 0 amide bonds. The molecule has 3 rings (SSSR count). The van der Waals surface area contributed by atoms with Crippen molar-refractivity contribution < 1.29 is 9.15 Å². The summed E-state index contributed by atoms with van der Waals surface area (Å²) >= 11 is 17.9. The third kappa shape index (κ3) is 3.35. The largest absolute Gasteiger partial charge is 0.481 e. The fraction of sp³-hybridized carbons (Fsp3) is 0.0667. The van der Waals surface area contributed by atoms with Gasteiger partial charge in [-0.1, -0.05) is 40.9 Å². The molecule has 0 N–H and O–H groups in total. The van der Waals surface area contributed by atoms with Gasteiger partial charge in [-0.3, -0.25) is 0 Å². The standard InChI is InChI=1S/C15H9Cl3N2O2/c16-10-6-4-9(5-7-10)15-20-19-13(22-15)8-21-14-11(17)2-1-3-12(14)18/h1-7H,8H2. The molecular formula is C15H9Cl3N2O2. The van der Waals surface area contributed by atoms with E-state index in [2.05, 4.69) is 10.2 Å². The minimum absolute atomic E-state index is 0.0735. The quantitative estimate of drug-likeness (QED) is 0.639. The zero-order valence-electron chi connectivity index (χ0n) is 11.1. The third-order valence-corrected chi connectivity index (χ3v) is 3.66. The monoisotopic (exact) mass is 354 g/mol. The van der Waals surface area contributed by atoms with Crippen LogP contribution < -0.4 is 4.74 Å². The van der Waals surface area contributed by atoms with Gasteiger partial charge in [0.1, 0.15) is 0 Å². The van der Waals surface area contributed by atoms with Crippen LogP contribution in [0.4, 0.5) is 0 Å². The van der Waals surface area contributed by atoms with Gasteiger partial charge < -0.3 is 9.15 Å². The van der Waals surface area contributed by atoms with Gasteiger partial charge >= 0.3 is 0 Å². The predicted octanol–water partition coefficient (Wildman–Crippen LogP) is 5.28. The molecule has 1 heterocycles. The lowest BCUT2D eigenvalue weighted by molar-refractivity contribution is 0.265. The van der Waals surface area contributed by atoms with Crippen LogP contribution >= 0.6 is 34.8 Å². The van der Waals surface area contributed by atoms with E-state index in [4.69, 9.17) is 44.0 Å². The second kappa shape index (κ2) is 6.57. The van der Waals surface area contributed by atoms with Crippen molar-refractivity contribution in [3.05, 3.63) is 63.4 Å². The van der Waals surface area contributed by atoms with Gasteiger partial charge in [0.05, 0.1) is 10.0 Å². The number of aromatic nitrogens is 2. The second-order valence-electron chi connectivity index (χ2n) is 4.35. The Bertz CT molecular complexity index is 767. The summed E-state index contributed by atoms with van der Waals surface area (Å²) in [6.45, 7) is 0.0735. The van der Waals surface area contributed by atoms with Crippen LogP contribution in [-0.4, -0.2) is 10.2 Å². The lowest BCUT2D eigenvalue weighted by Gasteiger charge is -2.07. The van der Waals surface area contributed by atoms with E-state index in [1.165, 1.54) is 0 Å². The lowest BCUT2D eigenvalue weighted by Crippen LogP contribution is -1.96. The molecule has 7 heteroatoms. The van der Waals surface area contributed by atoms with E-state index >= 15 is 0 Å². The van der Waals surface area contributed by atoms with Crippen molar-refractivity contribution in [2.75, 3.05) is 0 Å². The molecule has 22 heavy (non-hydrogen) atoms. The summed E-state index contributed by atoms with van der Waals surface area (Å²) in [4.78, 5) is 0. The first-order valence-electron chi connectivity index (χ1n) is 6.28. The summed E-state index contributed by atoms with van der Waals surface area (Å²) in [7, 11) is 0. The Morgan fingerprint density at radius 1 is 0.909 bits per heavy atom. The molecule has 0 aliphatic heterocycles. The first-order chi connectivity index (χ1) is 10.6. The molecule has 0 aliphatic carbocycles. The summed E-state index contributed by atoms with van der Waals surface area (Å²) < 4.78 is 11.1. The van der Waals surface area contributed by atoms with E-state index in [1.807, 2.05) is 0 Å². The molecule has 0 bridgehead atoms. The summed E-state index contributed by atoms with van der Waals surface area (Å²) in [6.07, 6.45) is 0. The van der Waals surface area contributed by atoms with Crippen LogP contribution in [0.25, 0.3) is 11.5 Å². The van der Waals surface area contributed by atoms with Crippen molar-refractivity contribution in [1.29, 1.82) is 0 Å². The summed E-state index contributed by atoms with van der Waals surface area (Å²) in [5.74, 6) is 1.10. The Morgan fingerprint density at radius 2 is 1.59 bits per heavy atom. The molecule has 3 aromatic rings. The SMILES string of the molecule is Clc1ccc(-c2nnc(COc3c(Cl)cccc3Cl)o2)cc1. The summed E-state index contributed by atoms with van der Waals surface area (Å²) in [6, 6.07) is 12.2. The molecule has 0 spiro atoms. The van der Waals surface area contributed by atoms with E-state index in [0.717, 1.165) is 5.56 Å². The van der Waals surface area contributed by atoms with Gasteiger partial charge in [-0.15, -0.1) is 10.2 Å². The topological polar surface area (TPSA) is 48.2 Å². The highest BCUT2D eigenvalue weighted by Gasteiger charge is 2.12. The van der Waals surface area contributed by atoms with Gasteiger partial charge in [-0.25, -0.2) is 0 Å². The van der Waals surface area contributed by atoms with Crippen LogP contribution in [0.3, 0.4) is 0 Å². The van der Waals surface area contributed by atoms with Crippen molar-refractivity contribution in [2.24, 2.45) is 0 Å². The van der Waals surface area contributed by atoms with Crippen LogP contribution in [-0.2, 0) is 6.61 Å². The Hall–Kier alpha value is -1.75. The van der Waals surface area contributed by atoms with E-state index < -0.39 is 0 Å². The van der Waals surface area contributed by atoms with Crippen LogP contribution in [0.1, 0.15) is 5.89 Å². The number of para-hydroxylation sites is 1. The fourth-order valence-corrected chi connectivity index (χ4v) is 2.41. The highest BCUT2D eigenvalue weighted by Crippen LogP contribution is 2.33. The van der Waals surface area contributed by atoms with Crippen LogP contribution in [0.2, 0.25) is 15.1 Å². The van der Waals surface area contributed by atoms with Gasteiger partial charge in [0, 0.05) is 10.6 Å². The summed E-state index contributed by atoms with van der Waals surface area (Å²) in [5, 5.41) is 9.38. The molecule has 1 aromatic heterocycles. The lowest BCUT2D eigenvalue weighted by atomic mass is 10.2. The minimum atomic E-state index is 0.0735. The predicted molar refractivity (Wildman–Crippen MR) is 85.5 cm³/mol. The van der Waals surface area contributed by atoms with E-state index in [-0.39, 0.29) is 6.61 Å². The van der Waals surface area contributed by atoms with E-state index in [0.29, 0.717) is 32.6 Å². The van der Waals surface area contributed by atoms with Gasteiger partial charge in [0.2, 0.25) is 5.89 Å². The molecule has 112 valence electrons. The van der Waals surface area contributed by atoms with Crippen molar-refractivity contribution in [1.82, 2.24) is 10.2 Å². The molecule has 2 aromatic carbocycles. The Labute approximate surface area is 141 Å². The van der Waals surface area contributed by atoms with Crippen LogP contribution in [0.5, 0.6) is 5.75 Å². The smallest absolute Gasteiger partial charge is 0.254 e. The maximum atomic E-state index is 6.02. The van der Waals surface area contributed by atoms with Crippen LogP contribution in [0.15, 0.2) is 46.9 Å². The Kier molecular flexibility index (Phi) is 4.52. The number of halogens is 3. The Morgan fingerprint density at radius 3 is 2.27 bits per heavy atom. The maximum Gasteiger partial charge on any atom is 0.254 e. The van der Waals surface area contributed by atoms with Gasteiger partial charge in [0.15, 0.2) is 12.4 Å². The van der Waals surface area contributed by atoms with E-state index in [9.17, 15) is 0 Å². The molecule has 0 aliphatic rings. The molecule has 0 fully saturated rings. The van der Waals surface area contributed by atoms with Gasteiger partial charge in [-0.2, -0.15) is 0 Å². The minimum Gasteiger partial charge on any atom is -0.481 e. The highest BCUT2D eigenvalue weighted by molar-refractivity contribution is 6.37. The zero-order chi connectivity index (χ0) is 15.5. The van der Waals surface area contributed by atoms with Crippen molar-refractivity contribution in [3.63, 3.8) is 0 Å². The zero-order valence-corrected chi connectivity index (χ0v) is 13.4. The number of nitrogens with zero attached hydrogens (tertiary/aromatic N) is 2. The summed E-state index contributed by atoms with van der Waals surface area (Å²) in [5.41, 5.74) is 0.777. The first-order valence-corrected chi connectivity index (χ1v) is 7.42. The number of rotatable bonds is 4. The molecule has 0 saturated heterocycles.